The maximum Gasteiger partial charge on any atom is 0.344 e. The molecular formula is C37H53NO6. The average Bonchev–Trinajstić information content (AvgIpc) is 3.00. The largest absolute Gasteiger partial charge is 0.497 e. The van der Waals surface area contributed by atoms with Gasteiger partial charge in [-0.2, -0.15) is 0 Å². The fourth-order valence-corrected chi connectivity index (χ4v) is 5.43. The summed E-state index contributed by atoms with van der Waals surface area (Å²) in [5.41, 5.74) is 0.811. The molecule has 2 aromatic heterocycles. The lowest BCUT2D eigenvalue weighted by Crippen LogP contribution is -2.34. The molecule has 7 nitrogen and oxygen atoms in total. The number of unbranched alkanes of at least 4 members (excludes halogenated alkanes) is 9. The topological polar surface area (TPSA) is 87.9 Å². The number of pyridine rings is 1. The first-order valence-electron chi connectivity index (χ1n) is 16.5. The number of ether oxygens (including phenoxy) is 3. The number of hydrogen-bond donors (Lipinski definition) is 0. The van der Waals surface area contributed by atoms with E-state index in [-0.39, 0.29) is 5.97 Å². The zero-order valence-corrected chi connectivity index (χ0v) is 27.8. The Hall–Kier alpha value is -3.35. The maximum atomic E-state index is 12.5. The molecular weight excluding hydrogens is 554 g/mol. The van der Waals surface area contributed by atoms with E-state index in [0.717, 1.165) is 43.1 Å². The fourth-order valence-electron chi connectivity index (χ4n) is 5.43. The minimum atomic E-state index is -0.424. The molecule has 242 valence electrons. The lowest BCUT2D eigenvalue weighted by molar-refractivity contribution is -0.157. The molecule has 0 saturated heterocycles. The molecule has 0 spiro atoms. The Morgan fingerprint density at radius 3 is 2.16 bits per heavy atom. The summed E-state index contributed by atoms with van der Waals surface area (Å²) in [6.45, 7) is 11.7. The summed E-state index contributed by atoms with van der Waals surface area (Å²) in [5.74, 6) is 2.05. The molecule has 3 rings (SSSR count). The van der Waals surface area contributed by atoms with Crippen molar-refractivity contribution in [3.63, 3.8) is 0 Å². The van der Waals surface area contributed by atoms with E-state index in [0.29, 0.717) is 47.8 Å². The molecule has 0 amide bonds. The van der Waals surface area contributed by atoms with Crippen molar-refractivity contribution in [3.8, 4) is 22.8 Å². The Morgan fingerprint density at radius 2 is 1.52 bits per heavy atom. The summed E-state index contributed by atoms with van der Waals surface area (Å²) in [7, 11) is 1.60. The van der Waals surface area contributed by atoms with Crippen molar-refractivity contribution in [2.24, 2.45) is 17.3 Å². The summed E-state index contributed by atoms with van der Waals surface area (Å²) < 4.78 is 22.3. The van der Waals surface area contributed by atoms with Gasteiger partial charge in [0.25, 0.3) is 0 Å². The second kappa shape index (κ2) is 17.8. The number of aromatic nitrogens is 1. The van der Waals surface area contributed by atoms with Gasteiger partial charge in [-0.1, -0.05) is 84.3 Å². The first-order chi connectivity index (χ1) is 21.1. The van der Waals surface area contributed by atoms with E-state index in [4.69, 9.17) is 18.6 Å². The molecule has 0 fully saturated rings. The van der Waals surface area contributed by atoms with Gasteiger partial charge in [0.05, 0.1) is 37.5 Å². The van der Waals surface area contributed by atoms with E-state index in [1.807, 2.05) is 50.2 Å². The van der Waals surface area contributed by atoms with Crippen LogP contribution in [-0.2, 0) is 9.53 Å². The van der Waals surface area contributed by atoms with E-state index < -0.39 is 11.0 Å². The summed E-state index contributed by atoms with van der Waals surface area (Å²) in [5, 5.41) is 0.768. The standard InChI is InChI=1S/C37H53NO6/c1-27(2)22-28(3)37(4,5)36(40)43-21-16-14-12-10-8-7-9-11-13-15-20-42-34-25-30-24-32(35(39)44-33(30)26-38-34)29-18-17-19-31(23-29)41-6/h17-19,23-28H,7-16,20-22H2,1-6H3. The maximum absolute atomic E-state index is 12.5. The van der Waals surface area contributed by atoms with Crippen molar-refractivity contribution >= 4 is 16.9 Å². The first kappa shape index (κ1) is 35.1. The molecule has 1 unspecified atom stereocenters. The highest BCUT2D eigenvalue weighted by molar-refractivity contribution is 5.82. The number of hydrogen-bond acceptors (Lipinski definition) is 7. The number of rotatable bonds is 20. The third-order valence-corrected chi connectivity index (χ3v) is 8.58. The Kier molecular flexibility index (Phi) is 14.2. The van der Waals surface area contributed by atoms with Crippen LogP contribution < -0.4 is 15.1 Å². The van der Waals surface area contributed by atoms with Gasteiger partial charge in [0.1, 0.15) is 5.75 Å². The number of benzene rings is 1. The molecule has 0 saturated carbocycles. The minimum Gasteiger partial charge on any atom is -0.497 e. The van der Waals surface area contributed by atoms with E-state index in [1.54, 1.807) is 13.3 Å². The number of fused-ring (bicyclic) bond motifs is 1. The van der Waals surface area contributed by atoms with Gasteiger partial charge in [-0.3, -0.25) is 4.79 Å². The van der Waals surface area contributed by atoms with E-state index >= 15 is 0 Å². The molecule has 2 heterocycles. The molecule has 0 N–H and O–H groups in total. The number of nitrogens with zero attached hydrogens (tertiary/aromatic N) is 1. The van der Waals surface area contributed by atoms with Gasteiger partial charge < -0.3 is 18.6 Å². The molecule has 0 aliphatic carbocycles. The predicted octanol–water partition coefficient (Wildman–Crippen LogP) is 9.39. The Morgan fingerprint density at radius 1 is 0.886 bits per heavy atom. The van der Waals surface area contributed by atoms with Crippen LogP contribution in [0.25, 0.3) is 22.1 Å². The molecule has 0 bridgehead atoms. The molecule has 7 heteroatoms. The lowest BCUT2D eigenvalue weighted by Gasteiger charge is -2.30. The molecule has 0 aliphatic rings. The van der Waals surface area contributed by atoms with E-state index in [1.165, 1.54) is 38.5 Å². The van der Waals surface area contributed by atoms with Crippen LogP contribution in [0.1, 0.15) is 105 Å². The Labute approximate surface area is 263 Å². The van der Waals surface area contributed by atoms with E-state index in [9.17, 15) is 9.59 Å². The van der Waals surface area contributed by atoms with Crippen molar-refractivity contribution in [2.75, 3.05) is 20.3 Å². The second-order valence-electron chi connectivity index (χ2n) is 13.0. The van der Waals surface area contributed by atoms with Crippen LogP contribution in [0.5, 0.6) is 11.6 Å². The quantitative estimate of drug-likeness (QED) is 0.0934. The highest BCUT2D eigenvalue weighted by Crippen LogP contribution is 2.33. The lowest BCUT2D eigenvalue weighted by atomic mass is 9.76. The van der Waals surface area contributed by atoms with Crippen LogP contribution in [-0.4, -0.2) is 31.3 Å². The van der Waals surface area contributed by atoms with Gasteiger partial charge in [0, 0.05) is 11.5 Å². The van der Waals surface area contributed by atoms with E-state index in [2.05, 4.69) is 25.8 Å². The Balaban J connectivity index is 1.24. The van der Waals surface area contributed by atoms with Crippen molar-refractivity contribution in [3.05, 3.63) is 53.0 Å². The zero-order chi connectivity index (χ0) is 32.0. The van der Waals surface area contributed by atoms with Crippen LogP contribution in [0, 0.1) is 17.3 Å². The number of carbonyl (C=O) groups excluding carboxylic acids is 1. The smallest absolute Gasteiger partial charge is 0.344 e. The van der Waals surface area contributed by atoms with Gasteiger partial charge in [0.2, 0.25) is 5.88 Å². The van der Waals surface area contributed by atoms with Crippen molar-refractivity contribution in [1.82, 2.24) is 4.98 Å². The average molecular weight is 608 g/mol. The second-order valence-corrected chi connectivity index (χ2v) is 13.0. The van der Waals surface area contributed by atoms with Gasteiger partial charge in [-0.15, -0.1) is 0 Å². The summed E-state index contributed by atoms with van der Waals surface area (Å²) in [6, 6.07) is 11.0. The fraction of sp³-hybridized carbons (Fsp3) is 0.595. The molecule has 3 aromatic rings. The number of carbonyl (C=O) groups is 1. The zero-order valence-electron chi connectivity index (χ0n) is 27.8. The summed E-state index contributed by atoms with van der Waals surface area (Å²) >= 11 is 0. The van der Waals surface area contributed by atoms with Crippen LogP contribution in [0.2, 0.25) is 0 Å². The highest BCUT2D eigenvalue weighted by atomic mass is 16.5. The van der Waals surface area contributed by atoms with Gasteiger partial charge in [-0.05, 0) is 68.7 Å². The summed E-state index contributed by atoms with van der Waals surface area (Å²) in [4.78, 5) is 29.4. The number of methoxy groups -OCH3 is 1. The predicted molar refractivity (Wildman–Crippen MR) is 177 cm³/mol. The van der Waals surface area contributed by atoms with Gasteiger partial charge in [-0.25, -0.2) is 9.78 Å². The van der Waals surface area contributed by atoms with Crippen molar-refractivity contribution < 1.29 is 23.4 Å². The molecule has 1 aromatic carbocycles. The molecule has 0 aliphatic heterocycles. The molecule has 44 heavy (non-hydrogen) atoms. The van der Waals surface area contributed by atoms with Crippen LogP contribution >= 0.6 is 0 Å². The normalized spacial score (nSPS) is 12.4. The third-order valence-electron chi connectivity index (χ3n) is 8.58. The monoisotopic (exact) mass is 607 g/mol. The molecule has 0 radical (unpaired) electrons. The summed E-state index contributed by atoms with van der Waals surface area (Å²) in [6.07, 6.45) is 14.1. The van der Waals surface area contributed by atoms with Crippen molar-refractivity contribution in [1.29, 1.82) is 0 Å². The van der Waals surface area contributed by atoms with Crippen molar-refractivity contribution in [2.45, 2.75) is 105 Å². The SMILES string of the molecule is COc1cccc(-c2cc3cc(OCCCCCCCCCCCCOC(=O)C(C)(C)C(C)CC(C)C)ncc3oc2=O)c1. The third kappa shape index (κ3) is 11.0. The number of esters is 1. The van der Waals surface area contributed by atoms with Crippen LogP contribution in [0.4, 0.5) is 0 Å². The molecule has 1 atom stereocenters. The van der Waals surface area contributed by atoms with Gasteiger partial charge >= 0.3 is 11.6 Å². The minimum absolute atomic E-state index is 0.0569. The highest BCUT2D eigenvalue weighted by Gasteiger charge is 2.35. The van der Waals surface area contributed by atoms with Crippen LogP contribution in [0.15, 0.2) is 51.8 Å². The first-order valence-corrected chi connectivity index (χ1v) is 16.5. The van der Waals surface area contributed by atoms with Crippen LogP contribution in [0.3, 0.4) is 0 Å². The van der Waals surface area contributed by atoms with Gasteiger partial charge in [0.15, 0.2) is 5.58 Å². The Bertz CT molecular complexity index is 1360.